The molecular formula is C25H34O6. The van der Waals surface area contributed by atoms with Crippen LogP contribution < -0.4 is 0 Å². The summed E-state index contributed by atoms with van der Waals surface area (Å²) in [5.74, 6) is -3.69. The molecule has 1 aliphatic heterocycles. The Morgan fingerprint density at radius 1 is 1.45 bits per heavy atom. The van der Waals surface area contributed by atoms with Crippen LogP contribution in [0.2, 0.25) is 0 Å². The van der Waals surface area contributed by atoms with Gasteiger partial charge in [-0.25, -0.2) is 0 Å². The van der Waals surface area contributed by atoms with Crippen LogP contribution in [0.25, 0.3) is 0 Å². The Labute approximate surface area is 192 Å². The van der Waals surface area contributed by atoms with Crippen LogP contribution in [0.1, 0.15) is 67.5 Å². The fourth-order valence-electron chi connectivity index (χ4n) is 7.40. The Bertz CT molecular complexity index is 1120. The summed E-state index contributed by atoms with van der Waals surface area (Å²) in [7, 11) is 0. The normalized spacial score (nSPS) is 55.9. The van der Waals surface area contributed by atoms with Gasteiger partial charge in [-0.05, 0) is 56.0 Å². The van der Waals surface area contributed by atoms with Crippen molar-refractivity contribution >= 4 is 11.6 Å². The maximum Gasteiger partial charge on any atom is 0.193 e. The van der Waals surface area contributed by atoms with Crippen molar-refractivity contribution in [2.45, 2.75) is 83.3 Å². The van der Waals surface area contributed by atoms with Gasteiger partial charge in [0.15, 0.2) is 23.5 Å². The van der Waals surface area contributed by atoms with Crippen LogP contribution in [-0.2, 0) is 19.1 Å². The number of aliphatic hydroxyl groups excluding tert-OH is 1. The molecule has 0 aromatic heterocycles. The molecule has 0 bridgehead atoms. The second-order valence-electron chi connectivity index (χ2n) is 10.1. The first kappa shape index (κ1) is 15.5. The van der Waals surface area contributed by atoms with Crippen molar-refractivity contribution < 1.29 is 37.5 Å². The van der Waals surface area contributed by atoms with Crippen LogP contribution in [0.5, 0.6) is 0 Å². The highest BCUT2D eigenvalue weighted by atomic mass is 16.7. The van der Waals surface area contributed by atoms with Gasteiger partial charge in [0.1, 0.15) is 6.56 Å². The van der Waals surface area contributed by atoms with Crippen molar-refractivity contribution in [3.05, 3.63) is 23.8 Å². The summed E-state index contributed by atoms with van der Waals surface area (Å²) in [5.41, 5.74) is -4.59. The largest absolute Gasteiger partial charge is 0.393 e. The maximum absolute atomic E-state index is 13.6. The standard InChI is InChI=1S/C25H34O6/c1-4-5-21-30-20-11-17-16-7-6-14-10-15(27)8-9-23(14,2)22(16)18(28)12-24(17,3)25(20,31-21)19(29)13-26/h8-10,16-18,20-22,26,28H,4-7,11-13H2,1-3H3/t16-,17-,18-,20+,21?,22+,23-,24-,25+/m0/s1/i6D2,9D,10D,13D2. The number of carbonyl (C=O) groups excluding carboxylic acids is 2. The first-order valence-corrected chi connectivity index (χ1v) is 11.2. The quantitative estimate of drug-likeness (QED) is 0.704. The molecule has 9 atom stereocenters. The number of hydrogen-bond acceptors (Lipinski definition) is 6. The van der Waals surface area contributed by atoms with Crippen molar-refractivity contribution in [2.24, 2.45) is 28.6 Å². The molecule has 0 aromatic carbocycles. The van der Waals surface area contributed by atoms with Gasteiger partial charge in [-0.3, -0.25) is 9.59 Å². The summed E-state index contributed by atoms with van der Waals surface area (Å²) >= 11 is 0. The summed E-state index contributed by atoms with van der Waals surface area (Å²) in [6.07, 6.45) is -2.80. The summed E-state index contributed by atoms with van der Waals surface area (Å²) in [4.78, 5) is 26.0. The fraction of sp³-hybridized carbons (Fsp3) is 0.760. The van der Waals surface area contributed by atoms with E-state index in [-0.39, 0.29) is 30.9 Å². The predicted molar refractivity (Wildman–Crippen MR) is 113 cm³/mol. The first-order valence-electron chi connectivity index (χ1n) is 14.2. The van der Waals surface area contributed by atoms with Gasteiger partial charge in [-0.15, -0.1) is 0 Å². The third-order valence-corrected chi connectivity index (χ3v) is 8.66. The molecule has 31 heavy (non-hydrogen) atoms. The van der Waals surface area contributed by atoms with E-state index in [0.717, 1.165) is 6.08 Å². The maximum atomic E-state index is 13.6. The number of carbonyl (C=O) groups is 2. The summed E-state index contributed by atoms with van der Waals surface area (Å²) in [5, 5.41) is 21.9. The minimum absolute atomic E-state index is 0.0419. The predicted octanol–water partition coefficient (Wildman–Crippen LogP) is 2.72. The van der Waals surface area contributed by atoms with E-state index in [0.29, 0.717) is 12.8 Å². The van der Waals surface area contributed by atoms with Gasteiger partial charge in [0.2, 0.25) is 0 Å². The highest BCUT2D eigenvalue weighted by molar-refractivity contribution is 6.01. The molecule has 170 valence electrons. The lowest BCUT2D eigenvalue weighted by atomic mass is 9.46. The zero-order chi connectivity index (χ0) is 27.5. The molecule has 1 saturated heterocycles. The van der Waals surface area contributed by atoms with Crippen LogP contribution >= 0.6 is 0 Å². The van der Waals surface area contributed by atoms with E-state index in [2.05, 4.69) is 0 Å². The van der Waals surface area contributed by atoms with E-state index in [1.807, 2.05) is 6.92 Å². The van der Waals surface area contributed by atoms with E-state index >= 15 is 0 Å². The molecule has 0 spiro atoms. The molecule has 3 saturated carbocycles. The van der Waals surface area contributed by atoms with Crippen LogP contribution in [0.15, 0.2) is 23.8 Å². The highest BCUT2D eigenvalue weighted by Gasteiger charge is 2.75. The van der Waals surface area contributed by atoms with Crippen molar-refractivity contribution in [2.75, 3.05) is 6.56 Å². The lowest BCUT2D eigenvalue weighted by molar-refractivity contribution is -0.200. The third kappa shape index (κ3) is 2.65. The van der Waals surface area contributed by atoms with Crippen molar-refractivity contribution in [1.29, 1.82) is 0 Å². The zero-order valence-corrected chi connectivity index (χ0v) is 18.1. The molecule has 1 unspecified atom stereocenters. The van der Waals surface area contributed by atoms with Gasteiger partial charge < -0.3 is 19.7 Å². The number of allylic oxidation sites excluding steroid dienone is 4. The van der Waals surface area contributed by atoms with Gasteiger partial charge in [0, 0.05) is 19.5 Å². The minimum Gasteiger partial charge on any atom is -0.393 e. The Morgan fingerprint density at radius 3 is 2.94 bits per heavy atom. The molecule has 2 N–H and O–H groups in total. The van der Waals surface area contributed by atoms with Gasteiger partial charge in [0.05, 0.1) is 17.7 Å². The number of Topliss-reactive ketones (excluding diaryl/α,β-unsaturated/α-hetero) is 1. The number of fused-ring (bicyclic) bond motifs is 7. The number of hydrogen-bond donors (Lipinski definition) is 2. The Morgan fingerprint density at radius 2 is 2.23 bits per heavy atom. The molecule has 0 radical (unpaired) electrons. The Hall–Kier alpha value is -1.34. The van der Waals surface area contributed by atoms with E-state index in [4.69, 9.17) is 17.7 Å². The molecule has 0 amide bonds. The molecule has 6 nitrogen and oxygen atoms in total. The number of aliphatic hydroxyl groups is 2. The molecule has 6 heteroatoms. The minimum atomic E-state index is -3.22. The summed E-state index contributed by atoms with van der Waals surface area (Å²) < 4.78 is 62.9. The first-order chi connectivity index (χ1) is 17.0. The van der Waals surface area contributed by atoms with Crippen LogP contribution in [-0.4, -0.2) is 52.4 Å². The highest BCUT2D eigenvalue weighted by Crippen LogP contribution is 2.69. The lowest BCUT2D eigenvalue weighted by Gasteiger charge is -2.59. The second-order valence-corrected chi connectivity index (χ2v) is 10.1. The molecular weight excluding hydrogens is 396 g/mol. The molecule has 5 aliphatic rings. The molecule has 4 aliphatic carbocycles. The average Bonchev–Trinajstić information content (AvgIpc) is 3.23. The number of ketones is 2. The zero-order valence-electron chi connectivity index (χ0n) is 24.1. The van der Waals surface area contributed by atoms with Crippen molar-refractivity contribution in [1.82, 2.24) is 0 Å². The molecule has 4 fully saturated rings. The van der Waals surface area contributed by atoms with Gasteiger partial charge >= 0.3 is 0 Å². The Balaban J connectivity index is 1.66. The van der Waals surface area contributed by atoms with Crippen molar-refractivity contribution in [3.63, 3.8) is 0 Å². The van der Waals surface area contributed by atoms with Crippen LogP contribution in [0.4, 0.5) is 0 Å². The van der Waals surface area contributed by atoms with E-state index in [9.17, 15) is 19.8 Å². The fourth-order valence-corrected chi connectivity index (χ4v) is 7.40. The van der Waals surface area contributed by atoms with E-state index < -0.39 is 83.2 Å². The smallest absolute Gasteiger partial charge is 0.193 e. The summed E-state index contributed by atoms with van der Waals surface area (Å²) in [6.45, 7) is 2.03. The Kier molecular flexibility index (Phi) is 3.54. The molecule has 0 aromatic rings. The summed E-state index contributed by atoms with van der Waals surface area (Å²) in [6, 6.07) is -0.643. The van der Waals surface area contributed by atoms with Crippen molar-refractivity contribution in [3.8, 4) is 0 Å². The van der Waals surface area contributed by atoms with E-state index in [1.54, 1.807) is 13.8 Å². The SMILES string of the molecule is [2H]C1=CC(=O)C([2H])=C2C([2H])([2H])C[C@@H]3[C@H]([C@@H](O)C[C@@]4(C)[C@H]3C[C@H]3OC(CCC)O[C@]34C(=O)C([2H])([2H])O)[C@@]12C. The third-order valence-electron chi connectivity index (χ3n) is 8.66. The number of rotatable bonds is 4. The van der Waals surface area contributed by atoms with E-state index in [1.165, 1.54) is 0 Å². The second kappa shape index (κ2) is 7.08. The van der Waals surface area contributed by atoms with Gasteiger partial charge in [-0.1, -0.05) is 38.8 Å². The average molecular weight is 437 g/mol. The lowest BCUT2D eigenvalue weighted by Crippen LogP contribution is -2.63. The van der Waals surface area contributed by atoms with Gasteiger partial charge in [-0.2, -0.15) is 0 Å². The molecule has 5 rings (SSSR count). The molecule has 1 heterocycles. The van der Waals surface area contributed by atoms with Crippen LogP contribution in [0.3, 0.4) is 0 Å². The number of ether oxygens (including phenoxy) is 2. The van der Waals surface area contributed by atoms with Gasteiger partial charge in [0.25, 0.3) is 0 Å². The monoisotopic (exact) mass is 436 g/mol. The van der Waals surface area contributed by atoms with Crippen LogP contribution in [0, 0.1) is 28.6 Å². The topological polar surface area (TPSA) is 93.1 Å².